The highest BCUT2D eigenvalue weighted by atomic mass is 16.3. The number of hydrogen-bond acceptors (Lipinski definition) is 3. The zero-order valence-corrected chi connectivity index (χ0v) is 18.1. The minimum absolute atomic E-state index is 0.220. The lowest BCUT2D eigenvalue weighted by Crippen LogP contribution is -1.98. The summed E-state index contributed by atoms with van der Waals surface area (Å²) < 4.78 is 2.19. The number of benzene rings is 3. The summed E-state index contributed by atoms with van der Waals surface area (Å²) in [6.07, 6.45) is 1.85. The number of rotatable bonds is 3. The van der Waals surface area contributed by atoms with E-state index in [1.54, 1.807) is 6.07 Å². The number of pyridine rings is 2. The van der Waals surface area contributed by atoms with Crippen LogP contribution in [0.1, 0.15) is 5.56 Å². The number of aromatic nitrogens is 3. The standard InChI is InChI=1S/C29H21N3O/c1-19-15-16-30-25(17-19)20-13-14-22-21-7-2-4-10-26(21)32(27(22)18-20)29-12-6-9-24(31-29)23-8-3-5-11-28(23)33/h2-18,33H,1H3. The van der Waals surface area contributed by atoms with Crippen LogP contribution in [-0.2, 0) is 0 Å². The number of aromatic hydroxyl groups is 1. The molecule has 4 heteroatoms. The maximum absolute atomic E-state index is 10.4. The zero-order chi connectivity index (χ0) is 22.4. The highest BCUT2D eigenvalue weighted by Crippen LogP contribution is 2.35. The largest absolute Gasteiger partial charge is 0.507 e. The van der Waals surface area contributed by atoms with Crippen LogP contribution in [0.2, 0.25) is 0 Å². The highest BCUT2D eigenvalue weighted by molar-refractivity contribution is 6.10. The molecular formula is C29H21N3O. The Hall–Kier alpha value is -4.44. The van der Waals surface area contributed by atoms with Gasteiger partial charge in [0, 0.05) is 28.1 Å². The monoisotopic (exact) mass is 427 g/mol. The Morgan fingerprint density at radius 2 is 1.52 bits per heavy atom. The summed E-state index contributed by atoms with van der Waals surface area (Å²) >= 11 is 0. The van der Waals surface area contributed by atoms with Gasteiger partial charge in [-0.15, -0.1) is 0 Å². The minimum Gasteiger partial charge on any atom is -0.507 e. The fraction of sp³-hybridized carbons (Fsp3) is 0.0345. The lowest BCUT2D eigenvalue weighted by molar-refractivity contribution is 0.477. The zero-order valence-electron chi connectivity index (χ0n) is 18.1. The molecular weight excluding hydrogens is 406 g/mol. The molecule has 0 atom stereocenters. The fourth-order valence-corrected chi connectivity index (χ4v) is 4.46. The van der Waals surface area contributed by atoms with Gasteiger partial charge >= 0.3 is 0 Å². The number of fused-ring (bicyclic) bond motifs is 3. The number of aryl methyl sites for hydroxylation is 1. The molecule has 0 aliphatic heterocycles. The van der Waals surface area contributed by atoms with Crippen LogP contribution >= 0.6 is 0 Å². The van der Waals surface area contributed by atoms with Crippen molar-refractivity contribution in [1.82, 2.24) is 14.5 Å². The molecule has 33 heavy (non-hydrogen) atoms. The number of hydrogen-bond donors (Lipinski definition) is 1. The first-order chi connectivity index (χ1) is 16.2. The predicted octanol–water partition coefficient (Wildman–Crippen LogP) is 6.92. The van der Waals surface area contributed by atoms with Crippen LogP contribution in [0, 0.1) is 6.92 Å². The Balaban J connectivity index is 1.62. The summed E-state index contributed by atoms with van der Waals surface area (Å²) in [5.41, 5.74) is 6.79. The summed E-state index contributed by atoms with van der Waals surface area (Å²) in [6.45, 7) is 2.08. The summed E-state index contributed by atoms with van der Waals surface area (Å²) in [6, 6.07) is 32.2. The summed E-state index contributed by atoms with van der Waals surface area (Å²) in [5, 5.41) is 12.7. The van der Waals surface area contributed by atoms with Gasteiger partial charge in [-0.25, -0.2) is 4.98 Å². The van der Waals surface area contributed by atoms with Gasteiger partial charge in [-0.05, 0) is 61.0 Å². The topological polar surface area (TPSA) is 50.9 Å². The van der Waals surface area contributed by atoms with Crippen molar-refractivity contribution in [3.63, 3.8) is 0 Å². The molecule has 0 saturated carbocycles. The third kappa shape index (κ3) is 3.24. The van der Waals surface area contributed by atoms with Crippen LogP contribution in [0.4, 0.5) is 0 Å². The van der Waals surface area contributed by atoms with Crippen LogP contribution in [0.5, 0.6) is 5.75 Å². The third-order valence-electron chi connectivity index (χ3n) is 6.03. The predicted molar refractivity (Wildman–Crippen MR) is 134 cm³/mol. The Morgan fingerprint density at radius 3 is 2.39 bits per heavy atom. The van der Waals surface area contributed by atoms with E-state index in [0.29, 0.717) is 5.56 Å². The SMILES string of the molecule is Cc1ccnc(-c2ccc3c4ccccc4n(-c4cccc(-c5ccccc5O)n4)c3c2)c1. The van der Waals surface area contributed by atoms with Gasteiger partial charge in [0.2, 0.25) is 0 Å². The van der Waals surface area contributed by atoms with Crippen molar-refractivity contribution in [2.75, 3.05) is 0 Å². The van der Waals surface area contributed by atoms with E-state index in [1.807, 2.05) is 54.7 Å². The normalized spacial score (nSPS) is 11.3. The van der Waals surface area contributed by atoms with Gasteiger partial charge in [0.05, 0.1) is 22.4 Å². The average molecular weight is 428 g/mol. The summed E-state index contributed by atoms with van der Waals surface area (Å²) in [5.74, 6) is 1.02. The molecule has 0 aliphatic carbocycles. The molecule has 0 aliphatic rings. The van der Waals surface area contributed by atoms with Gasteiger partial charge < -0.3 is 5.11 Å². The Kier molecular flexibility index (Phi) is 4.44. The number of phenols is 1. The quantitative estimate of drug-likeness (QED) is 0.333. The van der Waals surface area contributed by atoms with E-state index in [0.717, 1.165) is 39.2 Å². The van der Waals surface area contributed by atoms with Gasteiger partial charge in [0.1, 0.15) is 11.6 Å². The van der Waals surface area contributed by atoms with Crippen LogP contribution in [-0.4, -0.2) is 19.6 Å². The van der Waals surface area contributed by atoms with Crippen molar-refractivity contribution in [1.29, 1.82) is 0 Å². The molecule has 0 unspecified atom stereocenters. The van der Waals surface area contributed by atoms with Crippen LogP contribution in [0.15, 0.2) is 103 Å². The smallest absolute Gasteiger partial charge is 0.138 e. The Bertz CT molecular complexity index is 1650. The van der Waals surface area contributed by atoms with Gasteiger partial charge in [0.25, 0.3) is 0 Å². The van der Waals surface area contributed by atoms with E-state index in [9.17, 15) is 5.11 Å². The fourth-order valence-electron chi connectivity index (χ4n) is 4.46. The molecule has 4 nitrogen and oxygen atoms in total. The van der Waals surface area contributed by atoms with E-state index >= 15 is 0 Å². The van der Waals surface area contributed by atoms with Crippen molar-refractivity contribution in [2.45, 2.75) is 6.92 Å². The molecule has 0 fully saturated rings. The van der Waals surface area contributed by atoms with E-state index in [2.05, 4.69) is 58.9 Å². The number of phenolic OH excluding ortho intramolecular Hbond substituents is 1. The van der Waals surface area contributed by atoms with Crippen LogP contribution in [0.3, 0.4) is 0 Å². The lowest BCUT2D eigenvalue weighted by Gasteiger charge is -2.10. The van der Waals surface area contributed by atoms with E-state index in [1.165, 1.54) is 10.9 Å². The molecule has 1 N–H and O–H groups in total. The van der Waals surface area contributed by atoms with E-state index in [-0.39, 0.29) is 5.75 Å². The second-order valence-corrected chi connectivity index (χ2v) is 8.20. The van der Waals surface area contributed by atoms with E-state index in [4.69, 9.17) is 4.98 Å². The van der Waals surface area contributed by atoms with Crippen molar-refractivity contribution in [3.05, 3.63) is 109 Å². The van der Waals surface area contributed by atoms with E-state index < -0.39 is 0 Å². The maximum Gasteiger partial charge on any atom is 0.138 e. The first kappa shape index (κ1) is 19.3. The summed E-state index contributed by atoms with van der Waals surface area (Å²) in [7, 11) is 0. The minimum atomic E-state index is 0.220. The Morgan fingerprint density at radius 1 is 0.697 bits per heavy atom. The first-order valence-corrected chi connectivity index (χ1v) is 10.9. The van der Waals surface area contributed by atoms with Crippen molar-refractivity contribution < 1.29 is 5.11 Å². The van der Waals surface area contributed by atoms with Crippen LogP contribution in [0.25, 0.3) is 50.1 Å². The lowest BCUT2D eigenvalue weighted by atomic mass is 10.1. The molecule has 6 rings (SSSR count). The second kappa shape index (κ2) is 7.61. The molecule has 0 radical (unpaired) electrons. The van der Waals surface area contributed by atoms with Crippen molar-refractivity contribution in [3.8, 4) is 34.1 Å². The van der Waals surface area contributed by atoms with Gasteiger partial charge in [-0.3, -0.25) is 9.55 Å². The molecule has 0 spiro atoms. The maximum atomic E-state index is 10.4. The van der Waals surface area contributed by atoms with Gasteiger partial charge in [-0.2, -0.15) is 0 Å². The van der Waals surface area contributed by atoms with Crippen molar-refractivity contribution >= 4 is 21.8 Å². The molecule has 3 aromatic carbocycles. The second-order valence-electron chi connectivity index (χ2n) is 8.20. The first-order valence-electron chi connectivity index (χ1n) is 10.9. The number of para-hydroxylation sites is 2. The van der Waals surface area contributed by atoms with Crippen molar-refractivity contribution in [2.24, 2.45) is 0 Å². The Labute approximate surface area is 191 Å². The summed E-state index contributed by atoms with van der Waals surface area (Å²) in [4.78, 5) is 9.53. The average Bonchev–Trinajstić information content (AvgIpc) is 3.18. The van der Waals surface area contributed by atoms with Gasteiger partial charge in [-0.1, -0.05) is 48.5 Å². The molecule has 0 saturated heterocycles. The molecule has 6 aromatic rings. The third-order valence-corrected chi connectivity index (χ3v) is 6.03. The number of nitrogens with zero attached hydrogens (tertiary/aromatic N) is 3. The highest BCUT2D eigenvalue weighted by Gasteiger charge is 2.15. The van der Waals surface area contributed by atoms with Crippen LogP contribution < -0.4 is 0 Å². The molecule has 3 aromatic heterocycles. The molecule has 158 valence electrons. The molecule has 0 amide bonds. The molecule has 0 bridgehead atoms. The van der Waals surface area contributed by atoms with Gasteiger partial charge in [0.15, 0.2) is 0 Å². The molecule has 3 heterocycles.